The first-order chi connectivity index (χ1) is 9.42. The van der Waals surface area contributed by atoms with E-state index < -0.39 is 0 Å². The van der Waals surface area contributed by atoms with Crippen LogP contribution in [0.5, 0.6) is 0 Å². The molecule has 2 saturated carbocycles. The molecule has 1 heterocycles. The molecular formula is C14H24N4S. The van der Waals surface area contributed by atoms with Gasteiger partial charge in [-0.1, -0.05) is 25.7 Å². The van der Waals surface area contributed by atoms with Gasteiger partial charge in [0, 0.05) is 36.6 Å². The van der Waals surface area contributed by atoms with E-state index in [-0.39, 0.29) is 0 Å². The van der Waals surface area contributed by atoms with Crippen molar-refractivity contribution in [2.45, 2.75) is 63.3 Å². The Morgan fingerprint density at radius 2 is 1.79 bits per heavy atom. The summed E-state index contributed by atoms with van der Waals surface area (Å²) in [5.41, 5.74) is 0. The highest BCUT2D eigenvalue weighted by atomic mass is 32.1. The summed E-state index contributed by atoms with van der Waals surface area (Å²) in [7, 11) is 0. The lowest BCUT2D eigenvalue weighted by molar-refractivity contribution is 0.468. The molecule has 106 valence electrons. The number of hydrogen-bond acceptors (Lipinski definition) is 5. The fourth-order valence-corrected chi connectivity index (χ4v) is 3.41. The topological polar surface area (TPSA) is 49.8 Å². The van der Waals surface area contributed by atoms with Gasteiger partial charge in [0.1, 0.15) is 5.82 Å². The minimum atomic E-state index is 0.663. The molecule has 0 saturated heterocycles. The summed E-state index contributed by atoms with van der Waals surface area (Å²) in [6.07, 6.45) is 10.9. The van der Waals surface area contributed by atoms with Crippen molar-refractivity contribution in [1.29, 1.82) is 0 Å². The summed E-state index contributed by atoms with van der Waals surface area (Å²) >= 11 is 1.51. The Morgan fingerprint density at radius 3 is 2.53 bits per heavy atom. The Balaban J connectivity index is 1.33. The molecule has 4 nitrogen and oxygen atoms in total. The maximum Gasteiger partial charge on any atom is 0.202 e. The normalized spacial score (nSPS) is 21.3. The summed E-state index contributed by atoms with van der Waals surface area (Å²) in [6.45, 7) is 1.98. The van der Waals surface area contributed by atoms with Gasteiger partial charge in [0.15, 0.2) is 0 Å². The maximum atomic E-state index is 4.54. The van der Waals surface area contributed by atoms with Crippen LogP contribution in [0.15, 0.2) is 0 Å². The van der Waals surface area contributed by atoms with Gasteiger partial charge < -0.3 is 10.6 Å². The van der Waals surface area contributed by atoms with Crippen molar-refractivity contribution in [3.8, 4) is 0 Å². The summed E-state index contributed by atoms with van der Waals surface area (Å²) in [5, 5.41) is 8.04. The van der Waals surface area contributed by atoms with Crippen LogP contribution in [0.4, 0.5) is 5.13 Å². The molecule has 2 aliphatic carbocycles. The molecule has 0 radical (unpaired) electrons. The van der Waals surface area contributed by atoms with Crippen molar-refractivity contribution in [3.63, 3.8) is 0 Å². The Kier molecular flexibility index (Phi) is 4.66. The third kappa shape index (κ3) is 4.14. The zero-order chi connectivity index (χ0) is 12.9. The summed E-state index contributed by atoms with van der Waals surface area (Å²) in [5.74, 6) is 1.72. The molecule has 0 atom stereocenters. The maximum absolute atomic E-state index is 4.54. The average Bonchev–Trinajstić information content (AvgIpc) is 3.21. The molecule has 0 aromatic carbocycles. The molecule has 2 N–H and O–H groups in total. The number of nitrogens with one attached hydrogen (secondary N) is 2. The van der Waals surface area contributed by atoms with Crippen LogP contribution in [0.3, 0.4) is 0 Å². The zero-order valence-corrected chi connectivity index (χ0v) is 12.3. The van der Waals surface area contributed by atoms with E-state index in [1.807, 2.05) is 0 Å². The van der Waals surface area contributed by atoms with Gasteiger partial charge in [-0.2, -0.15) is 4.37 Å². The molecular weight excluding hydrogens is 256 g/mol. The van der Waals surface area contributed by atoms with Crippen molar-refractivity contribution in [3.05, 3.63) is 5.82 Å². The Labute approximate surface area is 119 Å². The molecule has 1 aromatic rings. The SMILES string of the molecule is C1CCCC(NCCNc2nc(C3CC3)ns2)CC1. The van der Waals surface area contributed by atoms with E-state index in [2.05, 4.69) is 20.0 Å². The monoisotopic (exact) mass is 280 g/mol. The largest absolute Gasteiger partial charge is 0.359 e. The summed E-state index contributed by atoms with van der Waals surface area (Å²) in [6, 6.07) is 0.737. The van der Waals surface area contributed by atoms with E-state index in [1.54, 1.807) is 0 Å². The van der Waals surface area contributed by atoms with Gasteiger partial charge in [-0.3, -0.25) is 0 Å². The van der Waals surface area contributed by atoms with Gasteiger partial charge >= 0.3 is 0 Å². The second kappa shape index (κ2) is 6.66. The van der Waals surface area contributed by atoms with Gasteiger partial charge in [0.25, 0.3) is 0 Å². The molecule has 0 bridgehead atoms. The molecule has 3 rings (SSSR count). The zero-order valence-electron chi connectivity index (χ0n) is 11.5. The summed E-state index contributed by atoms with van der Waals surface area (Å²) < 4.78 is 4.41. The predicted octanol–water partition coefficient (Wildman–Crippen LogP) is 3.14. The van der Waals surface area contributed by atoms with Crippen LogP contribution in [0.25, 0.3) is 0 Å². The minimum absolute atomic E-state index is 0.663. The lowest BCUT2D eigenvalue weighted by Gasteiger charge is -2.15. The van der Waals surface area contributed by atoms with Crippen LogP contribution in [-0.4, -0.2) is 28.5 Å². The van der Waals surface area contributed by atoms with Gasteiger partial charge in [-0.05, 0) is 25.7 Å². The van der Waals surface area contributed by atoms with Crippen LogP contribution in [0, 0.1) is 0 Å². The highest BCUT2D eigenvalue weighted by molar-refractivity contribution is 7.09. The van der Waals surface area contributed by atoms with E-state index in [0.29, 0.717) is 5.92 Å². The van der Waals surface area contributed by atoms with Gasteiger partial charge in [-0.15, -0.1) is 0 Å². The van der Waals surface area contributed by atoms with Gasteiger partial charge in [0.2, 0.25) is 5.13 Å². The fourth-order valence-electron chi connectivity index (χ4n) is 2.74. The second-order valence-electron chi connectivity index (χ2n) is 5.80. The first-order valence-electron chi connectivity index (χ1n) is 7.72. The van der Waals surface area contributed by atoms with Crippen LogP contribution in [-0.2, 0) is 0 Å². The highest BCUT2D eigenvalue weighted by Crippen LogP contribution is 2.39. The molecule has 2 aliphatic rings. The molecule has 1 aromatic heterocycles. The molecule has 19 heavy (non-hydrogen) atoms. The van der Waals surface area contributed by atoms with E-state index >= 15 is 0 Å². The van der Waals surface area contributed by atoms with Crippen LogP contribution >= 0.6 is 11.5 Å². The van der Waals surface area contributed by atoms with Crippen LogP contribution in [0.2, 0.25) is 0 Å². The third-order valence-electron chi connectivity index (χ3n) is 4.07. The minimum Gasteiger partial charge on any atom is -0.359 e. The number of hydrogen-bond donors (Lipinski definition) is 2. The first-order valence-corrected chi connectivity index (χ1v) is 8.50. The smallest absolute Gasteiger partial charge is 0.202 e. The van der Waals surface area contributed by atoms with Crippen molar-refractivity contribution >= 4 is 16.7 Å². The van der Waals surface area contributed by atoms with Crippen LogP contribution < -0.4 is 10.6 Å². The van der Waals surface area contributed by atoms with Gasteiger partial charge in [0.05, 0.1) is 0 Å². The van der Waals surface area contributed by atoms with E-state index in [4.69, 9.17) is 0 Å². The van der Waals surface area contributed by atoms with E-state index in [0.717, 1.165) is 30.1 Å². The number of rotatable bonds is 6. The molecule has 5 heteroatoms. The molecule has 0 unspecified atom stereocenters. The van der Waals surface area contributed by atoms with Crippen molar-refractivity contribution in [2.24, 2.45) is 0 Å². The van der Waals surface area contributed by atoms with Crippen molar-refractivity contribution in [1.82, 2.24) is 14.7 Å². The Hall–Kier alpha value is -0.680. The van der Waals surface area contributed by atoms with E-state index in [9.17, 15) is 0 Å². The van der Waals surface area contributed by atoms with Crippen LogP contribution in [0.1, 0.15) is 63.1 Å². The second-order valence-corrected chi connectivity index (χ2v) is 6.55. The van der Waals surface area contributed by atoms with Crippen molar-refractivity contribution in [2.75, 3.05) is 18.4 Å². The highest BCUT2D eigenvalue weighted by Gasteiger charge is 2.27. The average molecular weight is 280 g/mol. The molecule has 0 amide bonds. The first kappa shape index (κ1) is 13.3. The predicted molar refractivity (Wildman–Crippen MR) is 79.9 cm³/mol. The Morgan fingerprint density at radius 1 is 1.00 bits per heavy atom. The third-order valence-corrected chi connectivity index (χ3v) is 4.76. The molecule has 0 spiro atoms. The lowest BCUT2D eigenvalue weighted by Crippen LogP contribution is -2.32. The number of nitrogens with zero attached hydrogens (tertiary/aromatic N) is 2. The molecule has 0 aliphatic heterocycles. The van der Waals surface area contributed by atoms with Crippen molar-refractivity contribution < 1.29 is 0 Å². The van der Waals surface area contributed by atoms with Gasteiger partial charge in [-0.25, -0.2) is 4.98 Å². The summed E-state index contributed by atoms with van der Waals surface area (Å²) in [4.78, 5) is 4.54. The lowest BCUT2D eigenvalue weighted by atomic mass is 10.1. The molecule has 2 fully saturated rings. The fraction of sp³-hybridized carbons (Fsp3) is 0.857. The standard InChI is InChI=1S/C14H24N4S/c1-2-4-6-12(5-3-1)15-9-10-16-14-17-13(18-19-14)11-7-8-11/h11-12,15H,1-10H2,(H,16,17,18). The number of aromatic nitrogens is 2. The van der Waals surface area contributed by atoms with E-state index in [1.165, 1.54) is 62.9 Å². The quantitative estimate of drug-likeness (QED) is 0.621. The Bertz CT molecular complexity index is 381. The number of anilines is 1.